The smallest absolute Gasteiger partial charge is 0.257 e. The molecule has 0 aliphatic carbocycles. The Morgan fingerprint density at radius 1 is 0.389 bits per heavy atom. The van der Waals surface area contributed by atoms with Gasteiger partial charge in [-0.05, 0) is 47.2 Å². The zero-order valence-corrected chi connectivity index (χ0v) is 28.7. The Kier molecular flexibility index (Phi) is 7.08. The molecule has 6 heterocycles. The maximum Gasteiger partial charge on any atom is 0.257 e. The number of aromatic nitrogens is 4. The van der Waals surface area contributed by atoms with Crippen molar-refractivity contribution in [3.05, 3.63) is 94.6 Å². The van der Waals surface area contributed by atoms with Crippen molar-refractivity contribution in [1.82, 2.24) is 19.9 Å². The molecule has 6 nitrogen and oxygen atoms in total. The standard InChI is InChI=1S/C34H6F10N4O2S4/c35-19-17(20(36)24(40)27(43)23(19)39)13-5-15-32(51-13)48-34(54-15)30-46-10-2-8-3-11-9(1-7(8)4-12(10)50-30)45-29(49-11)14-6-16-31(52-14)47-33(53-16)18-21(37)25(41)28(44)26(42)22(18)38/h1-6H. The van der Waals surface area contributed by atoms with Crippen molar-refractivity contribution in [1.29, 1.82) is 0 Å². The molecular weight excluding hydrogens is 815 g/mol. The third-order valence-corrected chi connectivity index (χ3v) is 12.6. The number of hydrogen-bond donors (Lipinski definition) is 0. The minimum atomic E-state index is -2.26. The van der Waals surface area contributed by atoms with Crippen LogP contribution < -0.4 is 0 Å². The van der Waals surface area contributed by atoms with Crippen LogP contribution in [0, 0.1) is 58.2 Å². The van der Waals surface area contributed by atoms with Crippen LogP contribution in [0.5, 0.6) is 0 Å². The zero-order chi connectivity index (χ0) is 37.5. The SMILES string of the molecule is Fc1c(F)c(F)c(-c2cc3sc(-c4nc5cc6cc7oc(-c8cc9sc(-c%10c(F)c(F)c(F)c(F)c%10F)nc9s8)nc7cc6cc5o4)nc3s2)c(F)c1F. The third kappa shape index (κ3) is 4.76. The Labute approximate surface area is 306 Å². The van der Waals surface area contributed by atoms with Gasteiger partial charge in [-0.2, -0.15) is 0 Å². The van der Waals surface area contributed by atoms with Gasteiger partial charge in [0.15, 0.2) is 62.7 Å². The van der Waals surface area contributed by atoms with E-state index in [1.165, 1.54) is 6.07 Å². The molecule has 0 fully saturated rings. The fraction of sp³-hybridized carbons (Fsp3) is 0. The van der Waals surface area contributed by atoms with E-state index in [1.54, 1.807) is 30.3 Å². The van der Waals surface area contributed by atoms with Gasteiger partial charge < -0.3 is 8.83 Å². The minimum Gasteiger partial charge on any atom is -0.435 e. The van der Waals surface area contributed by atoms with Crippen molar-refractivity contribution in [2.75, 3.05) is 0 Å². The number of rotatable bonds is 4. The van der Waals surface area contributed by atoms with Gasteiger partial charge in [0, 0.05) is 4.88 Å². The predicted octanol–water partition coefficient (Wildman–Crippen LogP) is 12.5. The minimum absolute atomic E-state index is 0.130. The quantitative estimate of drug-likeness (QED) is 0.1000. The molecule has 0 N–H and O–H groups in total. The van der Waals surface area contributed by atoms with Gasteiger partial charge in [0.25, 0.3) is 5.89 Å². The van der Waals surface area contributed by atoms with Crippen molar-refractivity contribution >= 4 is 97.4 Å². The van der Waals surface area contributed by atoms with Gasteiger partial charge in [0.2, 0.25) is 17.5 Å². The summed E-state index contributed by atoms with van der Waals surface area (Å²) in [7, 11) is 0. The van der Waals surface area contributed by atoms with Gasteiger partial charge in [-0.15, -0.1) is 45.3 Å². The van der Waals surface area contributed by atoms with Crippen LogP contribution in [0.15, 0.2) is 45.2 Å². The molecule has 268 valence electrons. The van der Waals surface area contributed by atoms with E-state index in [0.29, 0.717) is 52.3 Å². The summed E-state index contributed by atoms with van der Waals surface area (Å²) in [5.74, 6) is -20.2. The Hall–Kier alpha value is -5.44. The number of halogens is 10. The maximum atomic E-state index is 14.4. The molecule has 0 aliphatic rings. The molecule has 0 radical (unpaired) electrons. The first-order valence-electron chi connectivity index (χ1n) is 14.8. The Balaban J connectivity index is 0.959. The highest BCUT2D eigenvalue weighted by Crippen LogP contribution is 2.44. The van der Waals surface area contributed by atoms with E-state index in [-0.39, 0.29) is 31.3 Å². The van der Waals surface area contributed by atoms with E-state index in [9.17, 15) is 43.9 Å². The molecule has 0 aliphatic heterocycles. The highest BCUT2D eigenvalue weighted by molar-refractivity contribution is 7.30. The molecule has 10 rings (SSSR count). The first-order valence-corrected chi connectivity index (χ1v) is 18.1. The Morgan fingerprint density at radius 2 is 0.815 bits per heavy atom. The molecule has 54 heavy (non-hydrogen) atoms. The molecule has 0 atom stereocenters. The lowest BCUT2D eigenvalue weighted by molar-refractivity contribution is 0.381. The van der Waals surface area contributed by atoms with Gasteiger partial charge in [0.05, 0.1) is 25.4 Å². The van der Waals surface area contributed by atoms with E-state index >= 15 is 0 Å². The molecule has 6 aromatic heterocycles. The molecule has 20 heteroatoms. The fourth-order valence-electron chi connectivity index (χ4n) is 5.80. The van der Waals surface area contributed by atoms with Crippen LogP contribution in [0.2, 0.25) is 0 Å². The van der Waals surface area contributed by atoms with Crippen molar-refractivity contribution < 1.29 is 52.7 Å². The molecule has 0 saturated heterocycles. The number of nitrogens with zero attached hydrogens (tertiary/aromatic N) is 4. The Bertz CT molecular complexity index is 2870. The summed E-state index contributed by atoms with van der Waals surface area (Å²) in [5, 5.41) is 1.33. The first-order chi connectivity index (χ1) is 25.8. The summed E-state index contributed by atoms with van der Waals surface area (Å²) in [4.78, 5) is 18.4. The second-order valence-electron chi connectivity index (χ2n) is 11.5. The lowest BCUT2D eigenvalue weighted by Gasteiger charge is -2.05. The van der Waals surface area contributed by atoms with Gasteiger partial charge >= 0.3 is 0 Å². The number of fused-ring (bicyclic) bond motifs is 5. The van der Waals surface area contributed by atoms with Crippen LogP contribution in [0.25, 0.3) is 94.7 Å². The van der Waals surface area contributed by atoms with Gasteiger partial charge in [-0.1, -0.05) is 0 Å². The largest absolute Gasteiger partial charge is 0.435 e. The molecule has 0 unspecified atom stereocenters. The Morgan fingerprint density at radius 3 is 1.37 bits per heavy atom. The normalized spacial score (nSPS) is 12.3. The van der Waals surface area contributed by atoms with E-state index in [2.05, 4.69) is 19.9 Å². The van der Waals surface area contributed by atoms with Crippen LogP contribution in [-0.2, 0) is 0 Å². The predicted molar refractivity (Wildman–Crippen MR) is 183 cm³/mol. The van der Waals surface area contributed by atoms with Crippen LogP contribution in [0.1, 0.15) is 0 Å². The van der Waals surface area contributed by atoms with Crippen LogP contribution >= 0.6 is 45.3 Å². The van der Waals surface area contributed by atoms with Crippen LogP contribution in [0.3, 0.4) is 0 Å². The molecule has 0 saturated carbocycles. The number of hydrogen-bond acceptors (Lipinski definition) is 10. The summed E-state index contributed by atoms with van der Waals surface area (Å²) in [6, 6.07) is 9.79. The first kappa shape index (κ1) is 33.2. The van der Waals surface area contributed by atoms with Crippen molar-refractivity contribution in [3.63, 3.8) is 0 Å². The molecule has 0 amide bonds. The number of thiazole rings is 2. The summed E-state index contributed by atoms with van der Waals surface area (Å²) in [6.07, 6.45) is 0. The van der Waals surface area contributed by atoms with Gasteiger partial charge in [-0.25, -0.2) is 63.8 Å². The topological polar surface area (TPSA) is 77.8 Å². The van der Waals surface area contributed by atoms with E-state index < -0.39 is 69.3 Å². The number of thiophene rings is 2. The lowest BCUT2D eigenvalue weighted by Crippen LogP contribution is -2.03. The monoisotopic (exact) mass is 820 g/mol. The molecule has 0 bridgehead atoms. The third-order valence-electron chi connectivity index (χ3n) is 8.31. The molecule has 4 aromatic carbocycles. The maximum absolute atomic E-state index is 14.4. The molecule has 10 aromatic rings. The average Bonchev–Trinajstić information content (AvgIpc) is 3.99. The lowest BCUT2D eigenvalue weighted by atomic mass is 10.1. The summed E-state index contributed by atoms with van der Waals surface area (Å²) >= 11 is 3.58. The van der Waals surface area contributed by atoms with Gasteiger partial charge in [0.1, 0.15) is 25.7 Å². The molecular formula is C34H6F10N4O2S4. The summed E-state index contributed by atoms with van der Waals surface area (Å²) in [6.45, 7) is 0. The number of oxazole rings is 2. The van der Waals surface area contributed by atoms with E-state index in [4.69, 9.17) is 8.83 Å². The van der Waals surface area contributed by atoms with Crippen LogP contribution in [-0.4, -0.2) is 19.9 Å². The van der Waals surface area contributed by atoms with Crippen LogP contribution in [0.4, 0.5) is 43.9 Å². The van der Waals surface area contributed by atoms with E-state index in [1.807, 2.05) is 0 Å². The highest BCUT2D eigenvalue weighted by Gasteiger charge is 2.30. The van der Waals surface area contributed by atoms with Crippen molar-refractivity contribution in [2.24, 2.45) is 0 Å². The number of benzene rings is 4. The zero-order valence-electron chi connectivity index (χ0n) is 25.5. The summed E-state index contributed by atoms with van der Waals surface area (Å²) < 4.78 is 153. The summed E-state index contributed by atoms with van der Waals surface area (Å²) in [5.41, 5.74) is -0.451. The average molecular weight is 821 g/mol. The van der Waals surface area contributed by atoms with E-state index in [0.717, 1.165) is 45.3 Å². The van der Waals surface area contributed by atoms with Crippen molar-refractivity contribution in [2.45, 2.75) is 0 Å². The van der Waals surface area contributed by atoms with Crippen molar-refractivity contribution in [3.8, 4) is 42.7 Å². The molecule has 0 spiro atoms. The fourth-order valence-corrected chi connectivity index (χ4v) is 10.2. The second-order valence-corrected chi connectivity index (χ2v) is 15.6. The highest BCUT2D eigenvalue weighted by atomic mass is 32.1. The second kappa shape index (κ2) is 11.5. The van der Waals surface area contributed by atoms with Gasteiger partial charge in [-0.3, -0.25) is 0 Å².